The number of carboxylic acid groups (broad SMARTS) is 1. The maximum atomic E-state index is 12.8. The van der Waals surface area contributed by atoms with Crippen LogP contribution in [-0.4, -0.2) is 48.8 Å². The van der Waals surface area contributed by atoms with Gasteiger partial charge in [0.05, 0.1) is 17.1 Å². The molecule has 39 heavy (non-hydrogen) atoms. The van der Waals surface area contributed by atoms with Crippen LogP contribution in [0.5, 0.6) is 0 Å². The molecule has 0 aliphatic rings. The van der Waals surface area contributed by atoms with Gasteiger partial charge in [-0.05, 0) is 45.9 Å². The Morgan fingerprint density at radius 1 is 0.821 bits per heavy atom. The van der Waals surface area contributed by atoms with Crippen LogP contribution >= 0.6 is 0 Å². The lowest BCUT2D eigenvalue weighted by Crippen LogP contribution is -2.27. The standard InChI is InChI=1S/C23H30N6O4.C3H8.CH2O2/c1-14-8-15(11-27(14)5)24-20(30)18-9-16(12-28(18)6)25-21(31)19-10-17(13-29(19)7)26-22(32)33-23(2,3)4;1-3-2;2-1-3/h8-13H,1-7H3,(H,24,30)(H,25,31)(H,26,32);3H2,1-2H3;1H,(H,2,3). The van der Waals surface area contributed by atoms with Gasteiger partial charge in [-0.25, -0.2) is 4.79 Å². The fourth-order valence-corrected chi connectivity index (χ4v) is 3.27. The van der Waals surface area contributed by atoms with Crippen molar-refractivity contribution in [3.05, 3.63) is 53.9 Å². The minimum absolute atomic E-state index is 0.250. The molecule has 0 saturated heterocycles. The van der Waals surface area contributed by atoms with E-state index in [-0.39, 0.29) is 18.3 Å². The molecule has 3 amide bonds. The summed E-state index contributed by atoms with van der Waals surface area (Å²) in [6.07, 6.45) is 5.75. The summed E-state index contributed by atoms with van der Waals surface area (Å²) in [5, 5.41) is 15.1. The fourth-order valence-electron chi connectivity index (χ4n) is 3.27. The van der Waals surface area contributed by atoms with E-state index in [1.54, 1.807) is 68.5 Å². The van der Waals surface area contributed by atoms with Crippen molar-refractivity contribution in [1.82, 2.24) is 13.7 Å². The van der Waals surface area contributed by atoms with Crippen LogP contribution in [0.2, 0.25) is 0 Å². The van der Waals surface area contributed by atoms with Crippen molar-refractivity contribution in [2.24, 2.45) is 21.1 Å². The summed E-state index contributed by atoms with van der Waals surface area (Å²) in [6, 6.07) is 5.03. The Bertz CT molecular complexity index is 1260. The number of amides is 3. The van der Waals surface area contributed by atoms with Crippen molar-refractivity contribution in [1.29, 1.82) is 0 Å². The zero-order chi connectivity index (χ0) is 29.9. The summed E-state index contributed by atoms with van der Waals surface area (Å²) in [6.45, 7) is 11.3. The van der Waals surface area contributed by atoms with Gasteiger partial charge in [0.1, 0.15) is 17.0 Å². The van der Waals surface area contributed by atoms with Gasteiger partial charge >= 0.3 is 6.09 Å². The van der Waals surface area contributed by atoms with Crippen LogP contribution in [0.25, 0.3) is 0 Å². The van der Waals surface area contributed by atoms with E-state index in [1.165, 1.54) is 6.42 Å². The second-order valence-electron chi connectivity index (χ2n) is 9.78. The van der Waals surface area contributed by atoms with Gasteiger partial charge in [-0.1, -0.05) is 20.3 Å². The smallest absolute Gasteiger partial charge is 0.412 e. The number of aromatic nitrogens is 3. The van der Waals surface area contributed by atoms with Crippen LogP contribution in [0, 0.1) is 6.92 Å². The SMILES string of the molecule is CCC.Cc1cc(NC(=O)c2cc(NC(=O)c3cc(NC(=O)OC(C)(C)C)cn3C)cn2C)cn1C.O=CO. The van der Waals surface area contributed by atoms with Crippen LogP contribution in [-0.2, 0) is 30.7 Å². The number of anilines is 3. The van der Waals surface area contributed by atoms with Gasteiger partial charge in [0, 0.05) is 45.4 Å². The molecule has 0 bridgehead atoms. The largest absolute Gasteiger partial charge is 0.483 e. The third-order valence-electron chi connectivity index (χ3n) is 4.89. The zero-order valence-corrected chi connectivity index (χ0v) is 24.1. The number of nitrogens with one attached hydrogen (secondary N) is 3. The molecule has 0 aliphatic carbocycles. The highest BCUT2D eigenvalue weighted by atomic mass is 16.6. The Morgan fingerprint density at radius 2 is 1.18 bits per heavy atom. The molecular formula is C27H40N6O6. The molecule has 0 saturated carbocycles. The summed E-state index contributed by atoms with van der Waals surface area (Å²) in [4.78, 5) is 45.8. The van der Waals surface area contributed by atoms with Crippen molar-refractivity contribution in [3.8, 4) is 0 Å². The van der Waals surface area contributed by atoms with E-state index in [2.05, 4.69) is 29.8 Å². The average molecular weight is 545 g/mol. The summed E-state index contributed by atoms with van der Waals surface area (Å²) in [5.41, 5.74) is 2.72. The van der Waals surface area contributed by atoms with Gasteiger partial charge < -0.3 is 34.2 Å². The van der Waals surface area contributed by atoms with Gasteiger partial charge in [0.25, 0.3) is 18.3 Å². The molecule has 0 unspecified atom stereocenters. The third kappa shape index (κ3) is 10.4. The molecular weight excluding hydrogens is 504 g/mol. The molecule has 0 atom stereocenters. The molecule has 3 heterocycles. The first-order valence-corrected chi connectivity index (χ1v) is 12.3. The van der Waals surface area contributed by atoms with Crippen molar-refractivity contribution >= 4 is 41.4 Å². The highest BCUT2D eigenvalue weighted by Gasteiger charge is 2.19. The number of hydrogen-bond acceptors (Lipinski definition) is 5. The number of carbonyl (C=O) groups is 4. The Hall–Kier alpha value is -4.48. The minimum atomic E-state index is -0.629. The molecule has 0 fully saturated rings. The molecule has 0 spiro atoms. The van der Waals surface area contributed by atoms with Crippen molar-refractivity contribution in [2.75, 3.05) is 16.0 Å². The number of ether oxygens (including phenoxy) is 1. The lowest BCUT2D eigenvalue weighted by molar-refractivity contribution is -0.122. The molecule has 3 aromatic heterocycles. The molecule has 4 N–H and O–H groups in total. The molecule has 0 aliphatic heterocycles. The predicted molar refractivity (Wildman–Crippen MR) is 151 cm³/mol. The number of nitrogens with zero attached hydrogens (tertiary/aromatic N) is 3. The van der Waals surface area contributed by atoms with E-state index in [0.717, 1.165) is 5.69 Å². The Balaban J connectivity index is 0.00000116. The van der Waals surface area contributed by atoms with E-state index in [0.29, 0.717) is 28.5 Å². The second-order valence-corrected chi connectivity index (χ2v) is 9.78. The van der Waals surface area contributed by atoms with E-state index in [1.807, 2.05) is 30.8 Å². The van der Waals surface area contributed by atoms with Crippen molar-refractivity contribution in [2.45, 2.75) is 53.6 Å². The average Bonchev–Trinajstić information content (AvgIpc) is 3.44. The van der Waals surface area contributed by atoms with Crippen LogP contribution in [0.4, 0.5) is 21.9 Å². The summed E-state index contributed by atoms with van der Waals surface area (Å²) in [5.74, 6) is -0.669. The molecule has 12 heteroatoms. The first kappa shape index (κ1) is 32.5. The summed E-state index contributed by atoms with van der Waals surface area (Å²) >= 11 is 0. The lowest BCUT2D eigenvalue weighted by atomic mass is 10.2. The minimum Gasteiger partial charge on any atom is -0.483 e. The molecule has 12 nitrogen and oxygen atoms in total. The first-order chi connectivity index (χ1) is 18.1. The monoisotopic (exact) mass is 544 g/mol. The Kier molecular flexibility index (Phi) is 12.1. The van der Waals surface area contributed by atoms with Crippen molar-refractivity contribution < 1.29 is 29.0 Å². The van der Waals surface area contributed by atoms with E-state index in [9.17, 15) is 14.4 Å². The van der Waals surface area contributed by atoms with Gasteiger partial charge in [0.2, 0.25) is 0 Å². The van der Waals surface area contributed by atoms with Gasteiger partial charge in [-0.15, -0.1) is 0 Å². The number of rotatable bonds is 5. The van der Waals surface area contributed by atoms with Crippen LogP contribution < -0.4 is 16.0 Å². The fraction of sp³-hybridized carbons (Fsp3) is 0.407. The van der Waals surface area contributed by atoms with E-state index in [4.69, 9.17) is 14.6 Å². The number of hydrogen-bond donors (Lipinski definition) is 4. The normalized spacial score (nSPS) is 10.3. The van der Waals surface area contributed by atoms with Crippen LogP contribution in [0.15, 0.2) is 36.8 Å². The Morgan fingerprint density at radius 3 is 1.54 bits per heavy atom. The topological polar surface area (TPSA) is 149 Å². The number of aryl methyl sites for hydroxylation is 4. The number of carbonyl (C=O) groups excluding carboxylic acids is 3. The maximum absolute atomic E-state index is 12.8. The van der Waals surface area contributed by atoms with Gasteiger partial charge in [0.15, 0.2) is 0 Å². The van der Waals surface area contributed by atoms with E-state index < -0.39 is 11.7 Å². The zero-order valence-electron chi connectivity index (χ0n) is 24.1. The second kappa shape index (κ2) is 14.5. The quantitative estimate of drug-likeness (QED) is 0.333. The third-order valence-corrected chi connectivity index (χ3v) is 4.89. The summed E-state index contributed by atoms with van der Waals surface area (Å²) < 4.78 is 10.4. The first-order valence-electron chi connectivity index (χ1n) is 12.3. The van der Waals surface area contributed by atoms with Gasteiger partial charge in [-0.2, -0.15) is 0 Å². The van der Waals surface area contributed by atoms with Crippen LogP contribution in [0.3, 0.4) is 0 Å². The molecule has 3 aromatic rings. The van der Waals surface area contributed by atoms with E-state index >= 15 is 0 Å². The highest BCUT2D eigenvalue weighted by Crippen LogP contribution is 2.20. The van der Waals surface area contributed by atoms with Crippen molar-refractivity contribution in [3.63, 3.8) is 0 Å². The molecule has 214 valence electrons. The lowest BCUT2D eigenvalue weighted by Gasteiger charge is -2.19. The van der Waals surface area contributed by atoms with Crippen LogP contribution in [0.1, 0.15) is 67.7 Å². The Labute approximate surface area is 228 Å². The highest BCUT2D eigenvalue weighted by molar-refractivity contribution is 6.07. The molecule has 0 radical (unpaired) electrons. The summed E-state index contributed by atoms with van der Waals surface area (Å²) in [7, 11) is 5.33. The maximum Gasteiger partial charge on any atom is 0.412 e. The molecule has 0 aromatic carbocycles. The molecule has 3 rings (SSSR count). The predicted octanol–water partition coefficient (Wildman–Crippen LogP) is 4.98. The van der Waals surface area contributed by atoms with Gasteiger partial charge in [-0.3, -0.25) is 19.7 Å².